The molecule has 0 spiro atoms. The molecule has 1 unspecified atom stereocenters. The minimum Gasteiger partial charge on any atom is -0.481 e. The van der Waals surface area contributed by atoms with Gasteiger partial charge in [0.1, 0.15) is 6.54 Å². The number of likely N-dealkylation sites (N-methyl/N-ethyl adjacent to an activating group) is 1. The number of amides is 1. The van der Waals surface area contributed by atoms with Gasteiger partial charge in [-0.15, -0.1) is 0 Å². The fourth-order valence-corrected chi connectivity index (χ4v) is 0.839. The monoisotopic (exact) mass is 204 g/mol. The summed E-state index contributed by atoms with van der Waals surface area (Å²) in [6.45, 7) is -0.494. The molecule has 0 aliphatic heterocycles. The number of carbonyl (C=O) groups is 3. The lowest BCUT2D eigenvalue weighted by Crippen LogP contribution is -2.44. The molecule has 0 heterocycles. The van der Waals surface area contributed by atoms with E-state index < -0.39 is 36.9 Å². The van der Waals surface area contributed by atoms with Crippen LogP contribution in [-0.4, -0.2) is 52.6 Å². The SMILES string of the molecule is CN(CC(=O)O)C(=O)C(N)CC(=O)O. The third-order valence-corrected chi connectivity index (χ3v) is 1.46. The van der Waals surface area contributed by atoms with Crippen molar-refractivity contribution in [1.29, 1.82) is 0 Å². The van der Waals surface area contributed by atoms with Crippen LogP contribution < -0.4 is 5.73 Å². The Bertz CT molecular complexity index is 228. The number of hydrogen-bond donors (Lipinski definition) is 3. The highest BCUT2D eigenvalue weighted by Gasteiger charge is 2.21. The molecule has 4 N–H and O–H groups in total. The third kappa shape index (κ3) is 4.41. The van der Waals surface area contributed by atoms with Crippen LogP contribution in [0.3, 0.4) is 0 Å². The number of aliphatic carboxylic acids is 2. The Labute approximate surface area is 80.1 Å². The van der Waals surface area contributed by atoms with E-state index in [4.69, 9.17) is 15.9 Å². The van der Waals surface area contributed by atoms with Crippen molar-refractivity contribution in [1.82, 2.24) is 4.90 Å². The minimum atomic E-state index is -1.20. The first-order valence-corrected chi connectivity index (χ1v) is 3.78. The fraction of sp³-hybridized carbons (Fsp3) is 0.571. The van der Waals surface area contributed by atoms with Crippen molar-refractivity contribution in [2.45, 2.75) is 12.5 Å². The van der Waals surface area contributed by atoms with E-state index in [0.29, 0.717) is 0 Å². The molecular weight excluding hydrogens is 192 g/mol. The molecule has 0 aromatic rings. The number of rotatable bonds is 5. The van der Waals surface area contributed by atoms with Gasteiger partial charge < -0.3 is 20.8 Å². The molecule has 0 aromatic heterocycles. The smallest absolute Gasteiger partial charge is 0.323 e. The van der Waals surface area contributed by atoms with E-state index in [1.165, 1.54) is 7.05 Å². The zero-order valence-corrected chi connectivity index (χ0v) is 7.64. The van der Waals surface area contributed by atoms with Crippen LogP contribution in [-0.2, 0) is 14.4 Å². The lowest BCUT2D eigenvalue weighted by Gasteiger charge is -2.17. The standard InChI is InChI=1S/C7H12N2O5/c1-9(3-6(12)13)7(14)4(8)2-5(10)11/h4H,2-3,8H2,1H3,(H,10,11)(H,12,13). The number of hydrogen-bond acceptors (Lipinski definition) is 4. The third-order valence-electron chi connectivity index (χ3n) is 1.46. The molecule has 0 saturated heterocycles. The normalized spacial score (nSPS) is 11.9. The maximum absolute atomic E-state index is 11.2. The van der Waals surface area contributed by atoms with Gasteiger partial charge >= 0.3 is 11.9 Å². The van der Waals surface area contributed by atoms with Crippen LogP contribution in [0.25, 0.3) is 0 Å². The predicted molar refractivity (Wildman–Crippen MR) is 45.5 cm³/mol. The van der Waals surface area contributed by atoms with Gasteiger partial charge in [0.05, 0.1) is 12.5 Å². The van der Waals surface area contributed by atoms with Gasteiger partial charge in [-0.2, -0.15) is 0 Å². The van der Waals surface area contributed by atoms with Gasteiger partial charge in [-0.05, 0) is 0 Å². The molecule has 7 nitrogen and oxygen atoms in total. The van der Waals surface area contributed by atoms with Gasteiger partial charge in [-0.25, -0.2) is 0 Å². The first-order chi connectivity index (χ1) is 6.34. The van der Waals surface area contributed by atoms with Gasteiger partial charge in [-0.1, -0.05) is 0 Å². The molecule has 0 saturated carbocycles. The van der Waals surface area contributed by atoms with Gasteiger partial charge in [-0.3, -0.25) is 14.4 Å². The Morgan fingerprint density at radius 1 is 1.29 bits per heavy atom. The van der Waals surface area contributed by atoms with Crippen molar-refractivity contribution in [3.8, 4) is 0 Å². The second-order valence-electron chi connectivity index (χ2n) is 2.79. The molecule has 0 aromatic carbocycles. The molecule has 1 atom stereocenters. The highest BCUT2D eigenvalue weighted by atomic mass is 16.4. The number of nitrogens with zero attached hydrogens (tertiary/aromatic N) is 1. The summed E-state index contributed by atoms with van der Waals surface area (Å²) in [5, 5.41) is 16.7. The zero-order valence-electron chi connectivity index (χ0n) is 7.64. The van der Waals surface area contributed by atoms with Gasteiger partial charge in [0.15, 0.2) is 0 Å². The second-order valence-corrected chi connectivity index (χ2v) is 2.79. The topological polar surface area (TPSA) is 121 Å². The Kier molecular flexibility index (Phi) is 4.57. The van der Waals surface area contributed by atoms with Gasteiger partial charge in [0, 0.05) is 7.05 Å². The van der Waals surface area contributed by atoms with E-state index in [1.807, 2.05) is 0 Å². The maximum Gasteiger partial charge on any atom is 0.323 e. The predicted octanol–water partition coefficient (Wildman–Crippen LogP) is -1.67. The van der Waals surface area contributed by atoms with Crippen LogP contribution in [0.4, 0.5) is 0 Å². The number of carbonyl (C=O) groups excluding carboxylic acids is 1. The highest BCUT2D eigenvalue weighted by molar-refractivity contribution is 5.88. The summed E-state index contributed by atoms with van der Waals surface area (Å²) in [7, 11) is 1.25. The summed E-state index contributed by atoms with van der Waals surface area (Å²) in [5.74, 6) is -3.08. The molecule has 0 radical (unpaired) electrons. The van der Waals surface area contributed by atoms with Crippen molar-refractivity contribution >= 4 is 17.8 Å². The molecule has 1 amide bonds. The molecule has 0 aliphatic rings. The van der Waals surface area contributed by atoms with Crippen molar-refractivity contribution < 1.29 is 24.6 Å². The van der Waals surface area contributed by atoms with Crippen LogP contribution in [0.5, 0.6) is 0 Å². The molecule has 14 heavy (non-hydrogen) atoms. The number of carboxylic acids is 2. The van der Waals surface area contributed by atoms with E-state index in [0.717, 1.165) is 4.90 Å². The zero-order chi connectivity index (χ0) is 11.3. The molecule has 0 aliphatic carbocycles. The maximum atomic E-state index is 11.2. The summed E-state index contributed by atoms with van der Waals surface area (Å²) in [6.07, 6.45) is -0.511. The highest BCUT2D eigenvalue weighted by Crippen LogP contribution is 1.94. The van der Waals surface area contributed by atoms with E-state index in [-0.39, 0.29) is 0 Å². The van der Waals surface area contributed by atoms with Crippen LogP contribution in [0.15, 0.2) is 0 Å². The van der Waals surface area contributed by atoms with Gasteiger partial charge in [0.25, 0.3) is 0 Å². The first-order valence-electron chi connectivity index (χ1n) is 3.78. The summed E-state index contributed by atoms with van der Waals surface area (Å²) >= 11 is 0. The van der Waals surface area contributed by atoms with Crippen molar-refractivity contribution in [3.63, 3.8) is 0 Å². The molecule has 0 rings (SSSR count). The lowest BCUT2D eigenvalue weighted by atomic mass is 10.2. The molecule has 0 fully saturated rings. The summed E-state index contributed by atoms with van der Waals surface area (Å²) in [4.78, 5) is 32.5. The molecule has 7 heteroatoms. The van der Waals surface area contributed by atoms with Crippen LogP contribution in [0, 0.1) is 0 Å². The second kappa shape index (κ2) is 5.18. The average molecular weight is 204 g/mol. The Morgan fingerprint density at radius 2 is 1.79 bits per heavy atom. The average Bonchev–Trinajstić information content (AvgIpc) is 2.00. The van der Waals surface area contributed by atoms with E-state index in [2.05, 4.69) is 0 Å². The Morgan fingerprint density at radius 3 is 2.14 bits per heavy atom. The Hall–Kier alpha value is -1.63. The molecular formula is C7H12N2O5. The molecule has 0 bridgehead atoms. The van der Waals surface area contributed by atoms with Crippen LogP contribution >= 0.6 is 0 Å². The number of nitrogens with two attached hydrogens (primary N) is 1. The van der Waals surface area contributed by atoms with Gasteiger partial charge in [0.2, 0.25) is 5.91 Å². The molecule has 80 valence electrons. The number of carboxylic acid groups (broad SMARTS) is 2. The van der Waals surface area contributed by atoms with Crippen LogP contribution in [0.2, 0.25) is 0 Å². The fourth-order valence-electron chi connectivity index (χ4n) is 0.839. The van der Waals surface area contributed by atoms with Crippen molar-refractivity contribution in [2.75, 3.05) is 13.6 Å². The Balaban J connectivity index is 4.16. The van der Waals surface area contributed by atoms with Crippen LogP contribution in [0.1, 0.15) is 6.42 Å². The summed E-state index contributed by atoms with van der Waals surface area (Å²) in [6, 6.07) is -1.20. The van der Waals surface area contributed by atoms with E-state index in [1.54, 1.807) is 0 Å². The largest absolute Gasteiger partial charge is 0.481 e. The van der Waals surface area contributed by atoms with E-state index >= 15 is 0 Å². The quantitative estimate of drug-likeness (QED) is 0.492. The lowest BCUT2D eigenvalue weighted by molar-refractivity contribution is -0.145. The summed E-state index contributed by atoms with van der Waals surface area (Å²) in [5.41, 5.74) is 5.23. The van der Waals surface area contributed by atoms with E-state index in [9.17, 15) is 14.4 Å². The van der Waals surface area contributed by atoms with Crippen molar-refractivity contribution in [3.05, 3.63) is 0 Å². The van der Waals surface area contributed by atoms with Crippen molar-refractivity contribution in [2.24, 2.45) is 5.73 Å². The minimum absolute atomic E-state index is 0.494. The summed E-state index contributed by atoms with van der Waals surface area (Å²) < 4.78 is 0. The first kappa shape index (κ1) is 12.4.